The Morgan fingerprint density at radius 1 is 1.10 bits per heavy atom. The van der Waals surface area contributed by atoms with Crippen LogP contribution in [0.25, 0.3) is 21.9 Å². The molecule has 2 aromatic carbocycles. The third kappa shape index (κ3) is 3.40. The van der Waals surface area contributed by atoms with Gasteiger partial charge in [0.05, 0.1) is 47.7 Å². The first kappa shape index (κ1) is 19.0. The number of methoxy groups -OCH3 is 1. The highest BCUT2D eigenvalue weighted by Crippen LogP contribution is 2.32. The molecule has 1 atom stereocenters. The topological polar surface area (TPSA) is 76.0 Å². The van der Waals surface area contributed by atoms with Gasteiger partial charge in [-0.3, -0.25) is 14.3 Å². The molecule has 4 aromatic rings. The third-order valence-corrected chi connectivity index (χ3v) is 5.86. The number of para-hydroxylation sites is 3. The molecule has 0 bridgehead atoms. The van der Waals surface area contributed by atoms with E-state index < -0.39 is 0 Å². The maximum absolute atomic E-state index is 13.2. The Morgan fingerprint density at radius 3 is 2.73 bits per heavy atom. The van der Waals surface area contributed by atoms with Gasteiger partial charge in [0.2, 0.25) is 0 Å². The molecule has 0 spiro atoms. The molecule has 0 aliphatic carbocycles. The van der Waals surface area contributed by atoms with E-state index >= 15 is 0 Å². The van der Waals surface area contributed by atoms with E-state index in [1.54, 1.807) is 11.7 Å². The molecule has 30 heavy (non-hydrogen) atoms. The second-order valence-electron chi connectivity index (χ2n) is 7.77. The van der Waals surface area contributed by atoms with Crippen molar-refractivity contribution in [2.24, 2.45) is 0 Å². The van der Waals surface area contributed by atoms with Gasteiger partial charge < -0.3 is 9.72 Å². The molecule has 154 valence electrons. The monoisotopic (exact) mass is 403 g/mol. The molecule has 0 radical (unpaired) electrons. The summed E-state index contributed by atoms with van der Waals surface area (Å²) in [6, 6.07) is 15.7. The van der Waals surface area contributed by atoms with Crippen LogP contribution in [0.15, 0.2) is 53.3 Å². The summed E-state index contributed by atoms with van der Waals surface area (Å²) in [6.45, 7) is 2.63. The van der Waals surface area contributed by atoms with E-state index in [2.05, 4.69) is 9.88 Å². The molecule has 1 N–H and O–H groups in total. The Hall–Kier alpha value is -3.03. The second-order valence-corrected chi connectivity index (χ2v) is 7.77. The highest BCUT2D eigenvalue weighted by molar-refractivity contribution is 5.77. The van der Waals surface area contributed by atoms with Gasteiger partial charge in [-0.1, -0.05) is 24.3 Å². The Morgan fingerprint density at radius 2 is 1.90 bits per heavy atom. The van der Waals surface area contributed by atoms with Crippen LogP contribution in [0.1, 0.15) is 30.5 Å². The number of likely N-dealkylation sites (tertiary alicyclic amines) is 1. The van der Waals surface area contributed by atoms with Gasteiger partial charge in [0.15, 0.2) is 0 Å². The second kappa shape index (κ2) is 8.01. The Balaban J connectivity index is 1.53. The number of hydrogen-bond donors (Lipinski definition) is 1. The molecule has 0 saturated carbocycles. The van der Waals surface area contributed by atoms with Crippen LogP contribution in [-0.2, 0) is 17.8 Å². The zero-order chi connectivity index (χ0) is 20.5. The van der Waals surface area contributed by atoms with Crippen LogP contribution >= 0.6 is 0 Å². The average molecular weight is 403 g/mol. The molecule has 1 fully saturated rings. The van der Waals surface area contributed by atoms with E-state index in [0.29, 0.717) is 25.1 Å². The van der Waals surface area contributed by atoms with Crippen molar-refractivity contribution >= 4 is 21.9 Å². The van der Waals surface area contributed by atoms with Crippen molar-refractivity contribution in [2.75, 3.05) is 20.3 Å². The number of rotatable bonds is 6. The molecule has 7 heteroatoms. The first-order valence-electron chi connectivity index (χ1n) is 10.4. The summed E-state index contributed by atoms with van der Waals surface area (Å²) >= 11 is 0. The predicted molar refractivity (Wildman–Crippen MR) is 116 cm³/mol. The largest absolute Gasteiger partial charge is 0.383 e. The lowest BCUT2D eigenvalue weighted by atomic mass is 10.1. The van der Waals surface area contributed by atoms with E-state index in [-0.39, 0.29) is 11.6 Å². The summed E-state index contributed by atoms with van der Waals surface area (Å²) < 4.78 is 7.07. The average Bonchev–Trinajstić information content (AvgIpc) is 3.39. The van der Waals surface area contributed by atoms with E-state index in [1.165, 1.54) is 0 Å². The Bertz CT molecular complexity index is 1210. The Kier molecular flexibility index (Phi) is 5.06. The number of hydrogen-bond acceptors (Lipinski definition) is 5. The van der Waals surface area contributed by atoms with Gasteiger partial charge in [-0.15, -0.1) is 0 Å². The van der Waals surface area contributed by atoms with Gasteiger partial charge in [0.1, 0.15) is 11.6 Å². The highest BCUT2D eigenvalue weighted by atomic mass is 16.5. The SMILES string of the molecule is COCCn1c(C2CCCN2Cc2nc3ccccc3[nH]2)nc2ccccc2c1=O. The lowest BCUT2D eigenvalue weighted by Crippen LogP contribution is -2.33. The van der Waals surface area contributed by atoms with E-state index in [9.17, 15) is 4.79 Å². The summed E-state index contributed by atoms with van der Waals surface area (Å²) in [5, 5.41) is 0.652. The zero-order valence-corrected chi connectivity index (χ0v) is 17.0. The summed E-state index contributed by atoms with van der Waals surface area (Å²) in [5.41, 5.74) is 2.78. The molecular weight excluding hydrogens is 378 g/mol. The molecule has 7 nitrogen and oxygen atoms in total. The number of fused-ring (bicyclic) bond motifs is 2. The number of nitrogens with one attached hydrogen (secondary N) is 1. The van der Waals surface area contributed by atoms with E-state index in [4.69, 9.17) is 14.7 Å². The lowest BCUT2D eigenvalue weighted by molar-refractivity contribution is 0.178. The van der Waals surface area contributed by atoms with Crippen molar-refractivity contribution in [1.29, 1.82) is 0 Å². The Labute approximate surface area is 174 Å². The number of imidazole rings is 1. The van der Waals surface area contributed by atoms with Crippen LogP contribution in [-0.4, -0.2) is 44.7 Å². The van der Waals surface area contributed by atoms with Crippen LogP contribution in [0.4, 0.5) is 0 Å². The van der Waals surface area contributed by atoms with Crippen LogP contribution in [0.3, 0.4) is 0 Å². The minimum Gasteiger partial charge on any atom is -0.383 e. The zero-order valence-electron chi connectivity index (χ0n) is 17.0. The van der Waals surface area contributed by atoms with Crippen molar-refractivity contribution < 1.29 is 4.74 Å². The number of aromatic amines is 1. The van der Waals surface area contributed by atoms with Gasteiger partial charge >= 0.3 is 0 Å². The van der Waals surface area contributed by atoms with Crippen molar-refractivity contribution in [3.63, 3.8) is 0 Å². The number of aromatic nitrogens is 4. The van der Waals surface area contributed by atoms with Crippen LogP contribution in [0.2, 0.25) is 0 Å². The third-order valence-electron chi connectivity index (χ3n) is 5.86. The molecule has 0 amide bonds. The molecule has 3 heterocycles. The van der Waals surface area contributed by atoms with Gasteiger partial charge in [-0.05, 0) is 43.7 Å². The molecule has 1 aliphatic rings. The first-order chi connectivity index (χ1) is 14.7. The van der Waals surface area contributed by atoms with E-state index in [0.717, 1.165) is 47.6 Å². The predicted octanol–water partition coefficient (Wildman–Crippen LogP) is 3.26. The van der Waals surface area contributed by atoms with Gasteiger partial charge in [-0.25, -0.2) is 9.97 Å². The number of ether oxygens (including phenoxy) is 1. The molecule has 1 aliphatic heterocycles. The minimum absolute atomic E-state index is 0.00300. The summed E-state index contributed by atoms with van der Waals surface area (Å²) in [6.07, 6.45) is 2.04. The first-order valence-corrected chi connectivity index (χ1v) is 10.4. The summed E-state index contributed by atoms with van der Waals surface area (Å²) in [4.78, 5) is 28.7. The fraction of sp³-hybridized carbons (Fsp3) is 0.348. The molecule has 1 saturated heterocycles. The molecule has 2 aromatic heterocycles. The van der Waals surface area contributed by atoms with Crippen molar-refractivity contribution in [2.45, 2.75) is 32.0 Å². The minimum atomic E-state index is 0.00300. The van der Waals surface area contributed by atoms with Gasteiger partial charge in [0.25, 0.3) is 5.56 Å². The summed E-state index contributed by atoms with van der Waals surface area (Å²) in [7, 11) is 1.66. The fourth-order valence-electron chi connectivity index (χ4n) is 4.42. The maximum atomic E-state index is 13.2. The van der Waals surface area contributed by atoms with Crippen LogP contribution in [0, 0.1) is 0 Å². The van der Waals surface area contributed by atoms with E-state index in [1.807, 2.05) is 48.5 Å². The quantitative estimate of drug-likeness (QED) is 0.535. The van der Waals surface area contributed by atoms with Gasteiger partial charge in [-0.2, -0.15) is 0 Å². The normalized spacial score (nSPS) is 17.3. The van der Waals surface area contributed by atoms with Crippen molar-refractivity contribution in [3.8, 4) is 0 Å². The van der Waals surface area contributed by atoms with Crippen LogP contribution < -0.4 is 5.56 Å². The molecule has 1 unspecified atom stereocenters. The maximum Gasteiger partial charge on any atom is 0.261 e. The van der Waals surface area contributed by atoms with Crippen molar-refractivity contribution in [3.05, 3.63) is 70.5 Å². The summed E-state index contributed by atoms with van der Waals surface area (Å²) in [5.74, 6) is 1.76. The molecule has 5 rings (SSSR count). The van der Waals surface area contributed by atoms with Crippen LogP contribution in [0.5, 0.6) is 0 Å². The fourth-order valence-corrected chi connectivity index (χ4v) is 4.42. The number of benzene rings is 2. The van der Waals surface area contributed by atoms with Gasteiger partial charge in [0, 0.05) is 7.11 Å². The molecular formula is C23H25N5O2. The van der Waals surface area contributed by atoms with Crippen molar-refractivity contribution in [1.82, 2.24) is 24.4 Å². The number of H-pyrrole nitrogens is 1. The standard InChI is InChI=1S/C23H25N5O2/c1-30-14-13-28-22(26-17-8-3-2-7-16(17)23(28)29)20-11-6-12-27(20)15-21-24-18-9-4-5-10-19(18)25-21/h2-5,7-10,20H,6,11-15H2,1H3,(H,24,25). The smallest absolute Gasteiger partial charge is 0.261 e. The lowest BCUT2D eigenvalue weighted by Gasteiger charge is -2.25. The number of nitrogens with zero attached hydrogens (tertiary/aromatic N) is 4. The highest BCUT2D eigenvalue weighted by Gasteiger charge is 2.31.